The minimum Gasteiger partial charge on any atom is -0.464 e. The monoisotopic (exact) mass is 489 g/mol. The highest BCUT2D eigenvalue weighted by molar-refractivity contribution is 7.83. The van der Waals surface area contributed by atoms with Gasteiger partial charge < -0.3 is 4.42 Å². The third kappa shape index (κ3) is 8.81. The summed E-state index contributed by atoms with van der Waals surface area (Å²) in [5.74, 6) is 0. The van der Waals surface area contributed by atoms with Crippen LogP contribution >= 0.6 is 0 Å². The lowest BCUT2D eigenvalue weighted by atomic mass is 10.2. The van der Waals surface area contributed by atoms with Crippen molar-refractivity contribution < 1.29 is 12.8 Å². The van der Waals surface area contributed by atoms with Crippen LogP contribution < -0.4 is 9.44 Å². The summed E-state index contributed by atoms with van der Waals surface area (Å²) < 4.78 is 34.1. The number of pyridine rings is 1. The van der Waals surface area contributed by atoms with Crippen molar-refractivity contribution in [3.63, 3.8) is 0 Å². The van der Waals surface area contributed by atoms with Crippen LogP contribution in [0.5, 0.6) is 0 Å². The van der Waals surface area contributed by atoms with Crippen molar-refractivity contribution >= 4 is 43.7 Å². The average molecular weight is 490 g/mol. The molecule has 2 N–H and O–H groups in total. The lowest BCUT2D eigenvalue weighted by Crippen LogP contribution is -2.24. The Bertz CT molecular complexity index is 1160. The van der Waals surface area contributed by atoms with Gasteiger partial charge in [0.05, 0.1) is 16.1 Å². The summed E-state index contributed by atoms with van der Waals surface area (Å²) in [6, 6.07) is 15.3. The van der Waals surface area contributed by atoms with E-state index in [9.17, 15) is 8.42 Å². The fourth-order valence-corrected chi connectivity index (χ4v) is 4.26. The molecule has 0 radical (unpaired) electrons. The summed E-state index contributed by atoms with van der Waals surface area (Å²) in [7, 11) is -0.633. The Kier molecular flexibility index (Phi) is 13.4. The first-order valence-electron chi connectivity index (χ1n) is 11.1. The molecule has 2 heterocycles. The Morgan fingerprint density at radius 1 is 0.818 bits per heavy atom. The maximum Gasteiger partial charge on any atom is 0.135 e. The first kappa shape index (κ1) is 28.6. The molecule has 0 saturated carbocycles. The Balaban J connectivity index is 0.000000291. The maximum absolute atomic E-state index is 11.9. The molecule has 2 atom stereocenters. The van der Waals surface area contributed by atoms with Crippen molar-refractivity contribution in [2.45, 2.75) is 57.4 Å². The minimum absolute atomic E-state index is 0.199. The van der Waals surface area contributed by atoms with E-state index in [-0.39, 0.29) is 6.04 Å². The van der Waals surface area contributed by atoms with Crippen molar-refractivity contribution in [3.8, 4) is 0 Å². The van der Waals surface area contributed by atoms with Crippen LogP contribution in [0.4, 0.5) is 0 Å². The van der Waals surface area contributed by atoms with Gasteiger partial charge >= 0.3 is 0 Å². The minimum atomic E-state index is -1.15. The number of aromatic nitrogens is 1. The van der Waals surface area contributed by atoms with E-state index in [0.29, 0.717) is 0 Å². The fraction of sp³-hybridized carbons (Fsp3) is 0.320. The Hall–Kier alpha value is -2.39. The summed E-state index contributed by atoms with van der Waals surface area (Å²) in [5, 5.41) is 3.15. The van der Waals surface area contributed by atoms with E-state index >= 15 is 0 Å². The van der Waals surface area contributed by atoms with Crippen molar-refractivity contribution in [2.75, 3.05) is 7.05 Å². The Labute approximate surface area is 202 Å². The zero-order chi connectivity index (χ0) is 24.8. The third-order valence-corrected chi connectivity index (χ3v) is 6.42. The van der Waals surface area contributed by atoms with Gasteiger partial charge in [0, 0.05) is 29.2 Å². The molecule has 0 aliphatic rings. The number of fused-ring (bicyclic) bond motifs is 2. The maximum atomic E-state index is 11.9. The first-order valence-corrected chi connectivity index (χ1v) is 13.4. The molecular weight excluding hydrogens is 454 g/mol. The second-order valence-electron chi connectivity index (χ2n) is 6.52. The van der Waals surface area contributed by atoms with Gasteiger partial charge in [0.25, 0.3) is 0 Å². The second kappa shape index (κ2) is 15.4. The molecule has 0 aliphatic heterocycles. The first-order chi connectivity index (χ1) is 16.0. The topological polar surface area (TPSA) is 84.2 Å². The largest absolute Gasteiger partial charge is 0.464 e. The van der Waals surface area contributed by atoms with Gasteiger partial charge in [0.1, 0.15) is 27.6 Å². The van der Waals surface area contributed by atoms with Crippen molar-refractivity contribution in [2.24, 2.45) is 0 Å². The van der Waals surface area contributed by atoms with Crippen LogP contribution in [0.15, 0.2) is 81.4 Å². The van der Waals surface area contributed by atoms with Crippen LogP contribution in [0.2, 0.25) is 0 Å². The van der Waals surface area contributed by atoms with Gasteiger partial charge in [-0.2, -0.15) is 0 Å². The molecule has 8 heteroatoms. The highest BCUT2D eigenvalue weighted by atomic mass is 32.2. The lowest BCUT2D eigenvalue weighted by molar-refractivity contribution is 0.614. The number of hydrogen-bond acceptors (Lipinski definition) is 4. The molecule has 6 nitrogen and oxygen atoms in total. The summed E-state index contributed by atoms with van der Waals surface area (Å²) in [6.45, 7) is 11.9. The van der Waals surface area contributed by atoms with E-state index in [2.05, 4.69) is 14.4 Å². The van der Waals surface area contributed by atoms with Crippen LogP contribution in [0, 0.1) is 0 Å². The number of nitrogens with one attached hydrogen (secondary N) is 2. The fourth-order valence-electron chi connectivity index (χ4n) is 2.63. The average Bonchev–Trinajstić information content (AvgIpc) is 3.34. The van der Waals surface area contributed by atoms with Gasteiger partial charge in [-0.25, -0.2) is 17.9 Å². The number of hydrogen-bond donors (Lipinski definition) is 2. The number of nitrogens with zero attached hydrogens (tertiary/aromatic N) is 1. The lowest BCUT2D eigenvalue weighted by Gasteiger charge is -2.08. The molecular formula is C25H35N3O3S2. The molecule has 2 aromatic carbocycles. The van der Waals surface area contributed by atoms with Gasteiger partial charge in [-0.05, 0) is 68.7 Å². The van der Waals surface area contributed by atoms with Crippen molar-refractivity contribution in [1.82, 2.24) is 14.4 Å². The molecule has 2 unspecified atom stereocenters. The van der Waals surface area contributed by atoms with E-state index in [1.807, 2.05) is 84.0 Å². The molecule has 0 amide bonds. The van der Waals surface area contributed by atoms with E-state index in [0.717, 1.165) is 31.5 Å². The standard InChI is InChI=1S/C12H14N2OS.C9H9NO2S.2C2H6/c1-9(2)14-16(15)12-4-3-10-5-6-13-8-11(10)7-12;1-10-13(11)8-3-2-7-4-5-12-9(7)6-8;2*1-2/h3-9,14H,1-2H3;2-6,10H,1H3;2*1-2H3. The highest BCUT2D eigenvalue weighted by Crippen LogP contribution is 2.18. The molecule has 0 fully saturated rings. The van der Waals surface area contributed by atoms with Gasteiger partial charge in [0.15, 0.2) is 0 Å². The molecule has 4 aromatic rings. The molecule has 180 valence electrons. The number of benzene rings is 2. The molecule has 33 heavy (non-hydrogen) atoms. The van der Waals surface area contributed by atoms with Crippen LogP contribution in [-0.4, -0.2) is 26.5 Å². The molecule has 4 rings (SSSR count). The SMILES string of the molecule is CC.CC.CC(C)NS(=O)c1ccc2ccncc2c1.CNS(=O)c1ccc2ccoc2c1. The van der Waals surface area contributed by atoms with E-state index < -0.39 is 22.0 Å². The third-order valence-electron chi connectivity index (χ3n) is 4.00. The van der Waals surface area contributed by atoms with Crippen molar-refractivity contribution in [1.29, 1.82) is 0 Å². The molecule has 0 bridgehead atoms. The zero-order valence-corrected chi connectivity index (χ0v) is 22.0. The van der Waals surface area contributed by atoms with E-state index in [1.54, 1.807) is 31.8 Å². The van der Waals surface area contributed by atoms with Crippen LogP contribution in [0.3, 0.4) is 0 Å². The zero-order valence-electron chi connectivity index (χ0n) is 20.4. The van der Waals surface area contributed by atoms with Crippen LogP contribution in [0.1, 0.15) is 41.5 Å². The molecule has 0 aliphatic carbocycles. The predicted octanol–water partition coefficient (Wildman–Crippen LogP) is 5.98. The summed E-state index contributed by atoms with van der Waals surface area (Å²) >= 11 is 0. The normalized spacial score (nSPS) is 12.0. The predicted molar refractivity (Wildman–Crippen MR) is 141 cm³/mol. The number of rotatable bonds is 5. The molecule has 2 aromatic heterocycles. The highest BCUT2D eigenvalue weighted by Gasteiger charge is 2.06. The number of furan rings is 1. The van der Waals surface area contributed by atoms with Gasteiger partial charge in [-0.3, -0.25) is 4.98 Å². The second-order valence-corrected chi connectivity index (χ2v) is 9.18. The Morgan fingerprint density at radius 2 is 1.45 bits per heavy atom. The van der Waals surface area contributed by atoms with Gasteiger partial charge in [0.2, 0.25) is 0 Å². The van der Waals surface area contributed by atoms with Crippen LogP contribution in [0.25, 0.3) is 21.7 Å². The molecule has 0 spiro atoms. The molecule has 0 saturated heterocycles. The van der Waals surface area contributed by atoms with Gasteiger partial charge in [-0.1, -0.05) is 33.8 Å². The Morgan fingerprint density at radius 3 is 2.09 bits per heavy atom. The summed E-state index contributed by atoms with van der Waals surface area (Å²) in [4.78, 5) is 5.57. The van der Waals surface area contributed by atoms with E-state index in [1.165, 1.54) is 0 Å². The summed E-state index contributed by atoms with van der Waals surface area (Å²) in [5.41, 5.74) is 0.765. The quantitative estimate of drug-likeness (QED) is 0.361. The summed E-state index contributed by atoms with van der Waals surface area (Å²) in [6.07, 6.45) is 5.16. The smallest absolute Gasteiger partial charge is 0.135 e. The van der Waals surface area contributed by atoms with Crippen molar-refractivity contribution in [3.05, 3.63) is 67.2 Å². The van der Waals surface area contributed by atoms with E-state index in [4.69, 9.17) is 4.42 Å². The van der Waals surface area contributed by atoms with Crippen LogP contribution in [-0.2, 0) is 22.0 Å². The van der Waals surface area contributed by atoms with Gasteiger partial charge in [-0.15, -0.1) is 0 Å².